The first-order chi connectivity index (χ1) is 13.6. The summed E-state index contributed by atoms with van der Waals surface area (Å²) in [7, 11) is 1.45. The van der Waals surface area contributed by atoms with Gasteiger partial charge in [-0.1, -0.05) is 59.6 Å². The molecule has 0 aliphatic rings. The van der Waals surface area contributed by atoms with Crippen LogP contribution in [0, 0.1) is 0 Å². The number of nitrogens with one attached hydrogen (secondary N) is 2. The van der Waals surface area contributed by atoms with Gasteiger partial charge in [0.25, 0.3) is 5.91 Å². The molecule has 146 valence electrons. The number of benzene rings is 2. The van der Waals surface area contributed by atoms with Crippen LogP contribution in [-0.4, -0.2) is 34.4 Å². The lowest BCUT2D eigenvalue weighted by Crippen LogP contribution is -2.20. The molecule has 2 aromatic carbocycles. The van der Waals surface area contributed by atoms with Gasteiger partial charge in [-0.3, -0.25) is 4.79 Å². The van der Waals surface area contributed by atoms with E-state index < -0.39 is 0 Å². The molecule has 0 saturated carbocycles. The standard InChI is InChI=1S/C19H19Cl2N5O2/c1-28-12-17(27)26-19(23-11-14-7-3-5-9-16(14)21)24-18(25-26)22-10-13-6-2-4-8-15(13)20/h2-9H,10-12H2,1H3,(H2,22,23,24,25). The lowest BCUT2D eigenvalue weighted by Gasteiger charge is -2.07. The van der Waals surface area contributed by atoms with Crippen molar-refractivity contribution in [2.75, 3.05) is 24.4 Å². The molecule has 0 spiro atoms. The van der Waals surface area contributed by atoms with Crippen molar-refractivity contribution in [1.29, 1.82) is 0 Å². The third kappa shape index (κ3) is 5.01. The molecule has 3 rings (SSSR count). The number of anilines is 2. The monoisotopic (exact) mass is 419 g/mol. The molecule has 0 radical (unpaired) electrons. The lowest BCUT2D eigenvalue weighted by molar-refractivity contribution is 0.0748. The molecule has 28 heavy (non-hydrogen) atoms. The van der Waals surface area contributed by atoms with Crippen molar-refractivity contribution in [1.82, 2.24) is 14.8 Å². The van der Waals surface area contributed by atoms with Gasteiger partial charge in [-0.25, -0.2) is 0 Å². The van der Waals surface area contributed by atoms with E-state index in [4.69, 9.17) is 27.9 Å². The molecule has 0 saturated heterocycles. The lowest BCUT2D eigenvalue weighted by atomic mass is 10.2. The smallest absolute Gasteiger partial charge is 0.276 e. The van der Waals surface area contributed by atoms with Gasteiger partial charge in [-0.2, -0.15) is 9.67 Å². The first-order valence-corrected chi connectivity index (χ1v) is 9.28. The van der Waals surface area contributed by atoms with Gasteiger partial charge in [0.05, 0.1) is 0 Å². The third-order valence-corrected chi connectivity index (χ3v) is 4.64. The minimum absolute atomic E-state index is 0.117. The third-order valence-electron chi connectivity index (χ3n) is 3.90. The molecule has 7 nitrogen and oxygen atoms in total. The van der Waals surface area contributed by atoms with Crippen LogP contribution in [0.5, 0.6) is 0 Å². The SMILES string of the molecule is COCC(=O)n1nc(NCc2ccccc2Cl)nc1NCc1ccccc1Cl. The molecule has 0 amide bonds. The van der Waals surface area contributed by atoms with Crippen LogP contribution in [0.1, 0.15) is 15.9 Å². The van der Waals surface area contributed by atoms with Crippen LogP contribution in [0.2, 0.25) is 10.0 Å². The highest BCUT2D eigenvalue weighted by Gasteiger charge is 2.16. The summed E-state index contributed by atoms with van der Waals surface area (Å²) in [5, 5.41) is 11.7. The number of carbonyl (C=O) groups is 1. The van der Waals surface area contributed by atoms with Gasteiger partial charge in [0, 0.05) is 30.2 Å². The molecule has 0 aliphatic carbocycles. The van der Waals surface area contributed by atoms with Gasteiger partial charge in [0.1, 0.15) is 6.61 Å². The molecule has 1 aromatic heterocycles. The van der Waals surface area contributed by atoms with E-state index in [1.807, 2.05) is 42.5 Å². The van der Waals surface area contributed by atoms with Crippen LogP contribution in [0.4, 0.5) is 11.9 Å². The largest absolute Gasteiger partial charge is 0.375 e. The van der Waals surface area contributed by atoms with Crippen molar-refractivity contribution >= 4 is 41.0 Å². The Morgan fingerprint density at radius 2 is 1.57 bits per heavy atom. The van der Waals surface area contributed by atoms with Crippen LogP contribution in [0.3, 0.4) is 0 Å². The second kappa shape index (κ2) is 9.54. The summed E-state index contributed by atoms with van der Waals surface area (Å²) in [4.78, 5) is 16.7. The molecule has 0 unspecified atom stereocenters. The number of aromatic nitrogens is 3. The predicted molar refractivity (Wildman–Crippen MR) is 110 cm³/mol. The van der Waals surface area contributed by atoms with Crippen LogP contribution < -0.4 is 10.6 Å². The van der Waals surface area contributed by atoms with Crippen LogP contribution in [0.25, 0.3) is 0 Å². The zero-order chi connectivity index (χ0) is 19.9. The molecular weight excluding hydrogens is 401 g/mol. The van der Waals surface area contributed by atoms with Crippen molar-refractivity contribution in [3.63, 3.8) is 0 Å². The Kier molecular flexibility index (Phi) is 6.86. The molecule has 3 aromatic rings. The maximum absolute atomic E-state index is 12.3. The summed E-state index contributed by atoms with van der Waals surface area (Å²) < 4.78 is 6.10. The van der Waals surface area contributed by atoms with E-state index in [0.29, 0.717) is 35.0 Å². The number of ether oxygens (including phenoxy) is 1. The zero-order valence-corrected chi connectivity index (χ0v) is 16.7. The Morgan fingerprint density at radius 1 is 1.00 bits per heavy atom. The Labute approximate surface area is 172 Å². The summed E-state index contributed by atoms with van der Waals surface area (Å²) in [6.07, 6.45) is 0. The highest BCUT2D eigenvalue weighted by atomic mass is 35.5. The van der Waals surface area contributed by atoms with Crippen molar-refractivity contribution in [3.05, 3.63) is 69.7 Å². The highest BCUT2D eigenvalue weighted by Crippen LogP contribution is 2.19. The normalized spacial score (nSPS) is 10.7. The topological polar surface area (TPSA) is 81.1 Å². The van der Waals surface area contributed by atoms with Gasteiger partial charge in [0.15, 0.2) is 0 Å². The molecule has 0 fully saturated rings. The quantitative estimate of drug-likeness (QED) is 0.571. The van der Waals surface area contributed by atoms with Gasteiger partial charge < -0.3 is 15.4 Å². The van der Waals surface area contributed by atoms with E-state index in [0.717, 1.165) is 11.1 Å². The van der Waals surface area contributed by atoms with Gasteiger partial charge in [0.2, 0.25) is 11.9 Å². The summed E-state index contributed by atoms with van der Waals surface area (Å²) in [5.74, 6) is 0.247. The number of halogens is 2. The minimum Gasteiger partial charge on any atom is -0.375 e. The van der Waals surface area contributed by atoms with Crippen molar-refractivity contribution in [2.24, 2.45) is 0 Å². The first kappa shape index (κ1) is 20.1. The van der Waals surface area contributed by atoms with Crippen LogP contribution >= 0.6 is 23.2 Å². The fourth-order valence-electron chi connectivity index (χ4n) is 2.49. The molecule has 0 atom stereocenters. The summed E-state index contributed by atoms with van der Waals surface area (Å²) in [6.45, 7) is 0.697. The summed E-state index contributed by atoms with van der Waals surface area (Å²) in [5.41, 5.74) is 1.78. The number of methoxy groups -OCH3 is 1. The molecule has 0 bridgehead atoms. The molecule has 9 heteroatoms. The minimum atomic E-state index is -0.345. The van der Waals surface area contributed by atoms with Crippen LogP contribution in [0.15, 0.2) is 48.5 Å². The Morgan fingerprint density at radius 3 is 2.14 bits per heavy atom. The van der Waals surface area contributed by atoms with E-state index in [1.54, 1.807) is 6.07 Å². The highest BCUT2D eigenvalue weighted by molar-refractivity contribution is 6.31. The van der Waals surface area contributed by atoms with Crippen molar-refractivity contribution < 1.29 is 9.53 Å². The number of rotatable bonds is 8. The number of hydrogen-bond acceptors (Lipinski definition) is 6. The van der Waals surface area contributed by atoms with Crippen LogP contribution in [-0.2, 0) is 17.8 Å². The Bertz CT molecular complexity index is 961. The number of carbonyl (C=O) groups excluding carboxylic acids is 1. The zero-order valence-electron chi connectivity index (χ0n) is 15.2. The maximum Gasteiger partial charge on any atom is 0.276 e. The molecule has 2 N–H and O–H groups in total. The number of hydrogen-bond donors (Lipinski definition) is 2. The van der Waals surface area contributed by atoms with Gasteiger partial charge in [-0.15, -0.1) is 5.10 Å². The van der Waals surface area contributed by atoms with Gasteiger partial charge >= 0.3 is 0 Å². The summed E-state index contributed by atoms with van der Waals surface area (Å²) >= 11 is 12.4. The molecule has 1 heterocycles. The van der Waals surface area contributed by atoms with Crippen molar-refractivity contribution in [2.45, 2.75) is 13.1 Å². The predicted octanol–water partition coefficient (Wildman–Crippen LogP) is 4.10. The average Bonchev–Trinajstić information content (AvgIpc) is 3.10. The van der Waals surface area contributed by atoms with Crippen molar-refractivity contribution in [3.8, 4) is 0 Å². The average molecular weight is 420 g/mol. The fraction of sp³-hybridized carbons (Fsp3) is 0.211. The first-order valence-electron chi connectivity index (χ1n) is 8.52. The second-order valence-corrected chi connectivity index (χ2v) is 6.70. The maximum atomic E-state index is 12.3. The second-order valence-electron chi connectivity index (χ2n) is 5.89. The fourth-order valence-corrected chi connectivity index (χ4v) is 2.90. The van der Waals surface area contributed by atoms with E-state index in [-0.39, 0.29) is 12.5 Å². The van der Waals surface area contributed by atoms with E-state index in [9.17, 15) is 4.79 Å². The van der Waals surface area contributed by atoms with E-state index in [1.165, 1.54) is 11.8 Å². The van der Waals surface area contributed by atoms with Gasteiger partial charge in [-0.05, 0) is 23.3 Å². The Hall–Kier alpha value is -2.61. The van der Waals surface area contributed by atoms with E-state index in [2.05, 4.69) is 20.7 Å². The molecule has 0 aliphatic heterocycles. The Balaban J connectivity index is 1.76. The van der Waals surface area contributed by atoms with E-state index >= 15 is 0 Å². The summed E-state index contributed by atoms with van der Waals surface area (Å²) in [6, 6.07) is 14.9. The molecular formula is C19H19Cl2N5O2. The number of nitrogens with zero attached hydrogens (tertiary/aromatic N) is 3.